The van der Waals surface area contributed by atoms with Crippen molar-refractivity contribution >= 4 is 17.3 Å². The summed E-state index contributed by atoms with van der Waals surface area (Å²) in [5.74, 6) is -0.102. The Kier molecular flexibility index (Phi) is 3.86. The Morgan fingerprint density at radius 2 is 1.86 bits per heavy atom. The molecule has 3 rings (SSSR count). The van der Waals surface area contributed by atoms with Gasteiger partial charge in [0.15, 0.2) is 0 Å². The summed E-state index contributed by atoms with van der Waals surface area (Å²) in [5.41, 5.74) is 3.81. The standard InChI is InChI=1S/C17H19N3O/c1-13-12-15(20-10-2-3-11-20)4-5-16(13)19-17(21)14-6-8-18-9-7-14/h4-9,12H,2-3,10-11H2,1H3,(H,19,21). The molecule has 1 amide bonds. The Morgan fingerprint density at radius 1 is 1.14 bits per heavy atom. The normalized spacial score (nSPS) is 14.2. The highest BCUT2D eigenvalue weighted by atomic mass is 16.1. The van der Waals surface area contributed by atoms with E-state index in [4.69, 9.17) is 0 Å². The lowest BCUT2D eigenvalue weighted by Crippen LogP contribution is -2.18. The van der Waals surface area contributed by atoms with Crippen LogP contribution in [0.2, 0.25) is 0 Å². The second kappa shape index (κ2) is 5.95. The molecule has 0 saturated carbocycles. The second-order valence-corrected chi connectivity index (χ2v) is 5.38. The minimum absolute atomic E-state index is 0.102. The second-order valence-electron chi connectivity index (χ2n) is 5.38. The minimum Gasteiger partial charge on any atom is -0.372 e. The van der Waals surface area contributed by atoms with E-state index in [2.05, 4.69) is 27.3 Å². The van der Waals surface area contributed by atoms with Gasteiger partial charge in [-0.3, -0.25) is 9.78 Å². The van der Waals surface area contributed by atoms with Crippen molar-refractivity contribution in [2.24, 2.45) is 0 Å². The molecule has 1 aliphatic heterocycles. The van der Waals surface area contributed by atoms with Crippen molar-refractivity contribution < 1.29 is 4.79 Å². The number of carbonyl (C=O) groups is 1. The first-order chi connectivity index (χ1) is 10.2. The Labute approximate surface area is 124 Å². The number of aryl methyl sites for hydroxylation is 1. The molecule has 2 aromatic rings. The SMILES string of the molecule is Cc1cc(N2CCCC2)ccc1NC(=O)c1ccncc1. The van der Waals surface area contributed by atoms with Gasteiger partial charge in [0, 0.05) is 42.4 Å². The van der Waals surface area contributed by atoms with Crippen LogP contribution in [0.4, 0.5) is 11.4 Å². The number of rotatable bonds is 3. The van der Waals surface area contributed by atoms with Gasteiger partial charge in [-0.15, -0.1) is 0 Å². The lowest BCUT2D eigenvalue weighted by atomic mass is 10.1. The lowest BCUT2D eigenvalue weighted by molar-refractivity contribution is 0.102. The van der Waals surface area contributed by atoms with Crippen LogP contribution in [0.5, 0.6) is 0 Å². The molecule has 1 aromatic carbocycles. The number of anilines is 2. The number of carbonyl (C=O) groups excluding carboxylic acids is 1. The molecular weight excluding hydrogens is 262 g/mol. The van der Waals surface area contributed by atoms with Crippen molar-refractivity contribution in [2.75, 3.05) is 23.3 Å². The number of nitrogens with zero attached hydrogens (tertiary/aromatic N) is 2. The predicted molar refractivity (Wildman–Crippen MR) is 84.8 cm³/mol. The van der Waals surface area contributed by atoms with E-state index in [9.17, 15) is 4.79 Å². The molecule has 4 heteroatoms. The fourth-order valence-corrected chi connectivity index (χ4v) is 2.66. The smallest absolute Gasteiger partial charge is 0.255 e. The van der Waals surface area contributed by atoms with Crippen LogP contribution in [-0.2, 0) is 0 Å². The molecule has 0 unspecified atom stereocenters. The lowest BCUT2D eigenvalue weighted by Gasteiger charge is -2.19. The van der Waals surface area contributed by atoms with E-state index in [1.54, 1.807) is 24.5 Å². The molecule has 0 radical (unpaired) electrons. The summed E-state index contributed by atoms with van der Waals surface area (Å²) in [6.07, 6.45) is 5.77. The van der Waals surface area contributed by atoms with Crippen molar-refractivity contribution in [3.8, 4) is 0 Å². The average Bonchev–Trinajstić information content (AvgIpc) is 3.04. The molecule has 1 N–H and O–H groups in total. The minimum atomic E-state index is -0.102. The van der Waals surface area contributed by atoms with E-state index in [1.165, 1.54) is 18.5 Å². The zero-order chi connectivity index (χ0) is 14.7. The van der Waals surface area contributed by atoms with Crippen LogP contribution >= 0.6 is 0 Å². The summed E-state index contributed by atoms with van der Waals surface area (Å²) >= 11 is 0. The number of hydrogen-bond acceptors (Lipinski definition) is 3. The third-order valence-electron chi connectivity index (χ3n) is 3.87. The molecule has 0 aliphatic carbocycles. The number of benzene rings is 1. The van der Waals surface area contributed by atoms with Gasteiger partial charge in [-0.25, -0.2) is 0 Å². The van der Waals surface area contributed by atoms with E-state index in [0.29, 0.717) is 5.56 Å². The average molecular weight is 281 g/mol. The summed E-state index contributed by atoms with van der Waals surface area (Å²) in [6, 6.07) is 9.64. The van der Waals surface area contributed by atoms with Gasteiger partial charge >= 0.3 is 0 Å². The van der Waals surface area contributed by atoms with Crippen molar-refractivity contribution in [3.63, 3.8) is 0 Å². The van der Waals surface area contributed by atoms with E-state index >= 15 is 0 Å². The summed E-state index contributed by atoms with van der Waals surface area (Å²) in [5, 5.41) is 2.96. The molecule has 1 fully saturated rings. The summed E-state index contributed by atoms with van der Waals surface area (Å²) in [4.78, 5) is 18.5. The maximum atomic E-state index is 12.2. The molecule has 4 nitrogen and oxygen atoms in total. The van der Waals surface area contributed by atoms with Gasteiger partial charge in [-0.05, 0) is 55.7 Å². The van der Waals surface area contributed by atoms with Crippen LogP contribution in [0.15, 0.2) is 42.7 Å². The summed E-state index contributed by atoms with van der Waals surface area (Å²) < 4.78 is 0. The zero-order valence-electron chi connectivity index (χ0n) is 12.2. The van der Waals surface area contributed by atoms with Crippen LogP contribution < -0.4 is 10.2 Å². The largest absolute Gasteiger partial charge is 0.372 e. The van der Waals surface area contributed by atoms with Gasteiger partial charge < -0.3 is 10.2 Å². The highest BCUT2D eigenvalue weighted by molar-refractivity contribution is 6.04. The van der Waals surface area contributed by atoms with Crippen molar-refractivity contribution in [1.82, 2.24) is 4.98 Å². The van der Waals surface area contributed by atoms with Crippen LogP contribution in [0.3, 0.4) is 0 Å². The van der Waals surface area contributed by atoms with Gasteiger partial charge in [0.05, 0.1) is 0 Å². The number of amides is 1. The number of hydrogen-bond donors (Lipinski definition) is 1. The molecule has 0 spiro atoms. The van der Waals surface area contributed by atoms with Gasteiger partial charge in [-0.2, -0.15) is 0 Å². The molecule has 108 valence electrons. The Hall–Kier alpha value is -2.36. The van der Waals surface area contributed by atoms with Crippen LogP contribution in [0.25, 0.3) is 0 Å². The quantitative estimate of drug-likeness (QED) is 0.939. The number of aromatic nitrogens is 1. The van der Waals surface area contributed by atoms with E-state index in [-0.39, 0.29) is 5.91 Å². The van der Waals surface area contributed by atoms with Crippen LogP contribution in [-0.4, -0.2) is 24.0 Å². The first-order valence-electron chi connectivity index (χ1n) is 7.31. The van der Waals surface area contributed by atoms with Gasteiger partial charge in [0.2, 0.25) is 0 Å². The first-order valence-corrected chi connectivity index (χ1v) is 7.31. The van der Waals surface area contributed by atoms with E-state index < -0.39 is 0 Å². The predicted octanol–water partition coefficient (Wildman–Crippen LogP) is 3.24. The molecule has 1 aromatic heterocycles. The van der Waals surface area contributed by atoms with E-state index in [0.717, 1.165) is 24.3 Å². The maximum absolute atomic E-state index is 12.2. The molecule has 0 bridgehead atoms. The van der Waals surface area contributed by atoms with Crippen LogP contribution in [0, 0.1) is 6.92 Å². The Bertz CT molecular complexity index is 634. The molecule has 2 heterocycles. The van der Waals surface area contributed by atoms with E-state index in [1.807, 2.05) is 13.0 Å². The third kappa shape index (κ3) is 3.05. The summed E-state index contributed by atoms with van der Waals surface area (Å²) in [7, 11) is 0. The zero-order valence-corrected chi connectivity index (χ0v) is 12.2. The molecular formula is C17H19N3O. The van der Waals surface area contributed by atoms with Crippen LogP contribution in [0.1, 0.15) is 28.8 Å². The first kappa shape index (κ1) is 13.6. The van der Waals surface area contributed by atoms with Gasteiger partial charge in [-0.1, -0.05) is 0 Å². The topological polar surface area (TPSA) is 45.2 Å². The summed E-state index contributed by atoms with van der Waals surface area (Å²) in [6.45, 7) is 4.28. The fraction of sp³-hybridized carbons (Fsp3) is 0.294. The number of pyridine rings is 1. The maximum Gasteiger partial charge on any atom is 0.255 e. The Balaban J connectivity index is 1.75. The van der Waals surface area contributed by atoms with Crippen molar-refractivity contribution in [1.29, 1.82) is 0 Å². The monoisotopic (exact) mass is 281 g/mol. The highest BCUT2D eigenvalue weighted by Crippen LogP contribution is 2.25. The number of nitrogens with one attached hydrogen (secondary N) is 1. The molecule has 21 heavy (non-hydrogen) atoms. The molecule has 1 saturated heterocycles. The third-order valence-corrected chi connectivity index (χ3v) is 3.87. The van der Waals surface area contributed by atoms with Gasteiger partial charge in [0.1, 0.15) is 0 Å². The molecule has 1 aliphatic rings. The highest BCUT2D eigenvalue weighted by Gasteiger charge is 2.14. The molecule has 0 atom stereocenters. The van der Waals surface area contributed by atoms with Gasteiger partial charge in [0.25, 0.3) is 5.91 Å². The van der Waals surface area contributed by atoms with Crippen molar-refractivity contribution in [2.45, 2.75) is 19.8 Å². The fourth-order valence-electron chi connectivity index (χ4n) is 2.66. The Morgan fingerprint density at radius 3 is 2.52 bits per heavy atom. The van der Waals surface area contributed by atoms with Crippen molar-refractivity contribution in [3.05, 3.63) is 53.9 Å².